The molecular formula is C21H14FIN4S. The van der Waals surface area contributed by atoms with Gasteiger partial charge >= 0.3 is 0 Å². The quantitative estimate of drug-likeness (QED) is 0.292. The second kappa shape index (κ2) is 6.82. The van der Waals surface area contributed by atoms with E-state index in [0.29, 0.717) is 11.3 Å². The number of fused-ring (bicyclic) bond motifs is 3. The average molecular weight is 500 g/mol. The molecule has 0 atom stereocenters. The zero-order chi connectivity index (χ0) is 19.3. The zero-order valence-corrected chi connectivity index (χ0v) is 17.8. The molecule has 2 aromatic carbocycles. The summed E-state index contributed by atoms with van der Waals surface area (Å²) in [4.78, 5) is 9.48. The number of thiazole rings is 1. The Bertz CT molecular complexity index is 1320. The highest BCUT2D eigenvalue weighted by Crippen LogP contribution is 2.39. The van der Waals surface area contributed by atoms with E-state index in [2.05, 4.69) is 62.4 Å². The molecule has 0 fully saturated rings. The molecule has 28 heavy (non-hydrogen) atoms. The number of nitrogens with zero attached hydrogens (tertiary/aromatic N) is 3. The fourth-order valence-corrected chi connectivity index (χ4v) is 5.09. The molecule has 0 unspecified atom stereocenters. The number of hydrogen-bond donors (Lipinski definition) is 1. The third-order valence-corrected chi connectivity index (χ3v) is 6.57. The van der Waals surface area contributed by atoms with Gasteiger partial charge in [0.1, 0.15) is 11.5 Å². The summed E-state index contributed by atoms with van der Waals surface area (Å²) in [6.07, 6.45) is 2.81. The van der Waals surface area contributed by atoms with Crippen LogP contribution in [0.2, 0.25) is 0 Å². The lowest BCUT2D eigenvalue weighted by Crippen LogP contribution is -2.01. The van der Waals surface area contributed by atoms with Crippen LogP contribution in [0, 0.1) is 16.3 Å². The van der Waals surface area contributed by atoms with Crippen LogP contribution in [0.3, 0.4) is 0 Å². The molecule has 0 radical (unpaired) electrons. The molecule has 0 aliphatic rings. The number of benzene rings is 2. The number of imidazole rings is 1. The smallest absolute Gasteiger partial charge is 0.197 e. The van der Waals surface area contributed by atoms with Gasteiger partial charge in [-0.15, -0.1) is 0 Å². The van der Waals surface area contributed by atoms with Crippen molar-refractivity contribution in [1.29, 1.82) is 0 Å². The third-order valence-electron chi connectivity index (χ3n) is 4.65. The van der Waals surface area contributed by atoms with Crippen LogP contribution in [0.5, 0.6) is 0 Å². The molecule has 0 aliphatic carbocycles. The van der Waals surface area contributed by atoms with Crippen LogP contribution < -0.4 is 5.32 Å². The van der Waals surface area contributed by atoms with Gasteiger partial charge in [-0.3, -0.25) is 9.38 Å². The van der Waals surface area contributed by atoms with Gasteiger partial charge in [-0.2, -0.15) is 0 Å². The van der Waals surface area contributed by atoms with E-state index >= 15 is 0 Å². The lowest BCUT2D eigenvalue weighted by Gasteiger charge is -2.13. The predicted octanol–water partition coefficient (Wildman–Crippen LogP) is 6.41. The first-order chi connectivity index (χ1) is 13.6. The first-order valence-electron chi connectivity index (χ1n) is 8.65. The number of hydrogen-bond acceptors (Lipinski definition) is 4. The summed E-state index contributed by atoms with van der Waals surface area (Å²) in [5.74, 6) is 0.366. The van der Waals surface area contributed by atoms with E-state index in [1.807, 2.05) is 24.3 Å². The second-order valence-electron chi connectivity index (χ2n) is 6.41. The molecule has 0 bridgehead atoms. The molecule has 0 aliphatic heterocycles. The molecule has 0 saturated carbocycles. The molecule has 3 aromatic heterocycles. The van der Waals surface area contributed by atoms with Crippen molar-refractivity contribution in [2.24, 2.45) is 0 Å². The van der Waals surface area contributed by atoms with Gasteiger partial charge in [0.25, 0.3) is 0 Å². The summed E-state index contributed by atoms with van der Waals surface area (Å²) in [5, 5.41) is 3.55. The van der Waals surface area contributed by atoms with Gasteiger partial charge in [0.2, 0.25) is 0 Å². The Labute approximate surface area is 178 Å². The Balaban J connectivity index is 1.83. The molecular weight excluding hydrogens is 486 g/mol. The lowest BCUT2D eigenvalue weighted by atomic mass is 10.1. The second-order valence-corrected chi connectivity index (χ2v) is 8.58. The van der Waals surface area contributed by atoms with Crippen molar-refractivity contribution in [3.8, 4) is 11.3 Å². The van der Waals surface area contributed by atoms with Crippen molar-refractivity contribution in [2.45, 2.75) is 6.92 Å². The van der Waals surface area contributed by atoms with Gasteiger partial charge in [-0.05, 0) is 59.3 Å². The fraction of sp³-hybridized carbons (Fsp3) is 0.0476. The number of aromatic nitrogens is 3. The summed E-state index contributed by atoms with van der Waals surface area (Å²) in [5.41, 5.74) is 4.16. The minimum absolute atomic E-state index is 0.389. The van der Waals surface area contributed by atoms with Gasteiger partial charge in [0.05, 0.1) is 22.1 Å². The normalized spacial score (nSPS) is 11.4. The number of aryl methyl sites for hydroxylation is 1. The molecule has 5 aromatic rings. The van der Waals surface area contributed by atoms with Crippen molar-refractivity contribution < 1.29 is 4.39 Å². The van der Waals surface area contributed by atoms with Crippen LogP contribution in [0.15, 0.2) is 60.9 Å². The van der Waals surface area contributed by atoms with E-state index in [1.165, 1.54) is 6.20 Å². The summed E-state index contributed by atoms with van der Waals surface area (Å²) in [6, 6.07) is 15.9. The van der Waals surface area contributed by atoms with Crippen LogP contribution in [0.4, 0.5) is 15.9 Å². The Morgan fingerprint density at radius 2 is 1.96 bits per heavy atom. The van der Waals surface area contributed by atoms with Crippen LogP contribution in [-0.2, 0) is 0 Å². The van der Waals surface area contributed by atoms with E-state index in [-0.39, 0.29) is 5.82 Å². The molecule has 4 nitrogen and oxygen atoms in total. The monoisotopic (exact) mass is 500 g/mol. The summed E-state index contributed by atoms with van der Waals surface area (Å²) >= 11 is 3.90. The molecule has 0 spiro atoms. The maximum Gasteiger partial charge on any atom is 0.197 e. The first kappa shape index (κ1) is 17.6. The van der Waals surface area contributed by atoms with Gasteiger partial charge in [0.15, 0.2) is 10.8 Å². The summed E-state index contributed by atoms with van der Waals surface area (Å²) < 4.78 is 18.9. The maximum absolute atomic E-state index is 14.6. The van der Waals surface area contributed by atoms with Gasteiger partial charge in [0, 0.05) is 15.3 Å². The molecule has 0 amide bonds. The van der Waals surface area contributed by atoms with Gasteiger partial charge in [-0.1, -0.05) is 35.6 Å². The van der Waals surface area contributed by atoms with E-state index in [4.69, 9.17) is 4.98 Å². The van der Waals surface area contributed by atoms with Gasteiger partial charge in [-0.25, -0.2) is 9.37 Å². The highest BCUT2D eigenvalue weighted by molar-refractivity contribution is 14.1. The van der Waals surface area contributed by atoms with Crippen LogP contribution >= 0.6 is 33.9 Å². The van der Waals surface area contributed by atoms with Crippen molar-refractivity contribution in [2.75, 3.05) is 5.32 Å². The van der Waals surface area contributed by atoms with Gasteiger partial charge < -0.3 is 5.32 Å². The van der Waals surface area contributed by atoms with Crippen molar-refractivity contribution in [3.63, 3.8) is 0 Å². The Hall–Kier alpha value is -2.52. The molecule has 7 heteroatoms. The number of pyridine rings is 1. The molecule has 0 saturated heterocycles. The number of halogens is 2. The maximum atomic E-state index is 14.6. The minimum atomic E-state index is -0.389. The van der Waals surface area contributed by atoms with Crippen molar-refractivity contribution >= 4 is 60.6 Å². The first-order valence-corrected chi connectivity index (χ1v) is 10.5. The highest BCUT2D eigenvalue weighted by Gasteiger charge is 2.21. The van der Waals surface area contributed by atoms with E-state index < -0.39 is 0 Å². The van der Waals surface area contributed by atoms with Crippen LogP contribution in [0.25, 0.3) is 26.4 Å². The highest BCUT2D eigenvalue weighted by atomic mass is 127. The third kappa shape index (κ3) is 2.77. The topological polar surface area (TPSA) is 42.2 Å². The molecule has 1 N–H and O–H groups in total. The molecule has 5 rings (SSSR count). The van der Waals surface area contributed by atoms with E-state index in [1.54, 1.807) is 23.6 Å². The van der Waals surface area contributed by atoms with Crippen molar-refractivity contribution in [3.05, 3.63) is 75.9 Å². The Morgan fingerprint density at radius 1 is 1.11 bits per heavy atom. The molecule has 138 valence electrons. The number of rotatable bonds is 3. The number of anilines is 2. The number of para-hydroxylation sites is 2. The van der Waals surface area contributed by atoms with Crippen LogP contribution in [-0.4, -0.2) is 14.4 Å². The predicted molar refractivity (Wildman–Crippen MR) is 121 cm³/mol. The van der Waals surface area contributed by atoms with E-state index in [9.17, 15) is 4.39 Å². The Kier molecular flexibility index (Phi) is 4.28. The average Bonchev–Trinajstić information content (AvgIpc) is 3.21. The Morgan fingerprint density at radius 3 is 2.79 bits per heavy atom. The lowest BCUT2D eigenvalue weighted by molar-refractivity contribution is 0.624. The minimum Gasteiger partial charge on any atom is -0.338 e. The number of nitrogens with one attached hydrogen (secondary N) is 1. The van der Waals surface area contributed by atoms with Crippen LogP contribution in [0.1, 0.15) is 5.56 Å². The molecule has 3 heterocycles. The fourth-order valence-electron chi connectivity index (χ4n) is 3.30. The summed E-state index contributed by atoms with van der Waals surface area (Å²) in [6.45, 7) is 2.06. The summed E-state index contributed by atoms with van der Waals surface area (Å²) in [7, 11) is 0. The largest absolute Gasteiger partial charge is 0.338 e. The van der Waals surface area contributed by atoms with Crippen molar-refractivity contribution in [1.82, 2.24) is 14.4 Å². The van der Waals surface area contributed by atoms with E-state index in [0.717, 1.165) is 35.8 Å². The SMILES string of the molecule is Cc1cccc(I)c1Nc1c(-c2ccncc2F)nc2sc3ccccc3n12. The standard InChI is InChI=1S/C21H14FIN4S/c1-12-5-4-6-15(23)18(12)25-20-19(13-9-10-24-11-14(13)22)26-21-27(20)16-7-2-3-8-17(16)28-21/h2-11,25H,1H3. The zero-order valence-electron chi connectivity index (χ0n) is 14.8.